The van der Waals surface area contributed by atoms with Gasteiger partial charge in [0.15, 0.2) is 11.5 Å². The van der Waals surface area contributed by atoms with Crippen molar-refractivity contribution in [2.24, 2.45) is 10.9 Å². The fraction of sp³-hybridized carbons (Fsp3) is 0.476. The van der Waals surface area contributed by atoms with Crippen LogP contribution in [0.15, 0.2) is 29.3 Å². The summed E-state index contributed by atoms with van der Waals surface area (Å²) in [6, 6.07) is 4.69. The van der Waals surface area contributed by atoms with Gasteiger partial charge in [0.2, 0.25) is 5.91 Å². The van der Waals surface area contributed by atoms with Crippen molar-refractivity contribution in [1.29, 1.82) is 0 Å². The summed E-state index contributed by atoms with van der Waals surface area (Å²) in [6.45, 7) is 2.72. The Hall–Kier alpha value is -2.14. The molecule has 1 N–H and O–H groups in total. The van der Waals surface area contributed by atoms with Crippen LogP contribution in [0.3, 0.4) is 0 Å². The number of nitrogens with one attached hydrogen (secondary N) is 1. The average molecular weight is 504 g/mol. The van der Waals surface area contributed by atoms with E-state index in [4.69, 9.17) is 27.9 Å². The summed E-state index contributed by atoms with van der Waals surface area (Å²) in [6.07, 6.45) is -2.91. The molecule has 12 heteroatoms. The minimum atomic E-state index is -4.66. The largest absolute Gasteiger partial charge is 0.435 e. The number of hydrazine groups is 1. The topological polar surface area (TPSA) is 71.8 Å². The van der Waals surface area contributed by atoms with E-state index in [1.165, 1.54) is 12.1 Å². The second-order valence-corrected chi connectivity index (χ2v) is 8.91. The van der Waals surface area contributed by atoms with Gasteiger partial charge in [0.1, 0.15) is 5.92 Å². The van der Waals surface area contributed by atoms with Crippen molar-refractivity contribution in [3.8, 4) is 0 Å². The van der Waals surface area contributed by atoms with Gasteiger partial charge in [-0.25, -0.2) is 14.7 Å². The normalized spacial score (nSPS) is 23.4. The summed E-state index contributed by atoms with van der Waals surface area (Å²) in [5, 5.41) is 6.09. The number of fused-ring (bicyclic) bond motifs is 1. The number of alkyl halides is 3. The van der Waals surface area contributed by atoms with Gasteiger partial charge in [0.25, 0.3) is 0 Å². The zero-order chi connectivity index (χ0) is 23.9. The minimum Gasteiger partial charge on any atom is -0.383 e. The molecule has 4 rings (SSSR count). The number of benzene rings is 1. The second kappa shape index (κ2) is 9.25. The summed E-state index contributed by atoms with van der Waals surface area (Å²) in [4.78, 5) is 17.7. The highest BCUT2D eigenvalue weighted by Gasteiger charge is 2.43. The molecule has 0 spiro atoms. The van der Waals surface area contributed by atoms with E-state index in [0.717, 1.165) is 23.6 Å². The van der Waals surface area contributed by atoms with Crippen LogP contribution >= 0.6 is 23.2 Å². The van der Waals surface area contributed by atoms with Crippen LogP contribution in [0, 0.1) is 5.92 Å². The van der Waals surface area contributed by atoms with Gasteiger partial charge in [-0.1, -0.05) is 29.3 Å². The van der Waals surface area contributed by atoms with E-state index in [9.17, 15) is 18.0 Å². The second-order valence-electron chi connectivity index (χ2n) is 8.10. The van der Waals surface area contributed by atoms with Gasteiger partial charge in [-0.15, -0.1) is 0 Å². The van der Waals surface area contributed by atoms with Crippen molar-refractivity contribution in [1.82, 2.24) is 20.2 Å². The van der Waals surface area contributed by atoms with Crippen molar-refractivity contribution in [2.45, 2.75) is 38.0 Å². The zero-order valence-electron chi connectivity index (χ0n) is 17.9. The Morgan fingerprint density at radius 2 is 2.03 bits per heavy atom. The highest BCUT2D eigenvalue weighted by Crippen LogP contribution is 2.41. The summed E-state index contributed by atoms with van der Waals surface area (Å²) in [7, 11) is 1.59. The first kappa shape index (κ1) is 24.0. The molecule has 2 aromatic rings. The number of rotatable bonds is 5. The van der Waals surface area contributed by atoms with Crippen LogP contribution < -0.4 is 5.43 Å². The smallest absolute Gasteiger partial charge is 0.383 e. The quantitative estimate of drug-likeness (QED) is 0.643. The number of hydrogen-bond acceptors (Lipinski definition) is 5. The average Bonchev–Trinajstić information content (AvgIpc) is 3.36. The molecule has 2 aliphatic rings. The number of carbonyl (C=O) groups is 1. The Morgan fingerprint density at radius 3 is 2.70 bits per heavy atom. The maximum absolute atomic E-state index is 13.5. The molecule has 2 aliphatic heterocycles. The molecule has 0 aliphatic carbocycles. The third kappa shape index (κ3) is 4.75. The molecule has 1 aromatic carbocycles. The molecule has 1 aromatic heterocycles. The molecule has 0 saturated carbocycles. The van der Waals surface area contributed by atoms with Gasteiger partial charge in [0, 0.05) is 25.4 Å². The van der Waals surface area contributed by atoms with Crippen molar-refractivity contribution < 1.29 is 22.7 Å². The van der Waals surface area contributed by atoms with Crippen LogP contribution in [0.4, 0.5) is 19.0 Å². The molecular formula is C21H22Cl2F3N5O2. The first-order chi connectivity index (χ1) is 15.6. The third-order valence-electron chi connectivity index (χ3n) is 5.88. The van der Waals surface area contributed by atoms with E-state index < -0.39 is 29.7 Å². The molecule has 0 bridgehead atoms. The van der Waals surface area contributed by atoms with E-state index in [2.05, 4.69) is 15.5 Å². The number of nitrogens with zero attached hydrogens (tertiary/aromatic N) is 4. The third-order valence-corrected chi connectivity index (χ3v) is 6.62. The summed E-state index contributed by atoms with van der Waals surface area (Å²) in [5.74, 6) is -1.30. The number of ether oxygens (including phenoxy) is 1. The highest BCUT2D eigenvalue weighted by atomic mass is 35.5. The lowest BCUT2D eigenvalue weighted by Crippen LogP contribution is -2.52. The standard InChI is InChI=1S/C21H22Cl2F3N5O2/c1-11-18(20(32)29-30-7-3-4-13(30)10-33-2)19(12-5-6-14(22)15(23)8-12)31-17(27-11)9-16(28-31)21(24,25)26/h5-6,8-9,13,18-19H,3-4,7,10H2,1-2H3,(H,29,32)/t13-,18?,19?/m1/s1. The Kier molecular flexibility index (Phi) is 6.73. The first-order valence-corrected chi connectivity index (χ1v) is 11.1. The van der Waals surface area contributed by atoms with E-state index in [1.807, 2.05) is 5.01 Å². The number of hydrogen-bond donors (Lipinski definition) is 1. The summed E-state index contributed by atoms with van der Waals surface area (Å²) >= 11 is 12.2. The van der Waals surface area contributed by atoms with E-state index in [1.54, 1.807) is 20.1 Å². The zero-order valence-corrected chi connectivity index (χ0v) is 19.4. The molecule has 7 nitrogen and oxygen atoms in total. The lowest BCUT2D eigenvalue weighted by Gasteiger charge is -2.33. The number of carbonyl (C=O) groups excluding carboxylic acids is 1. The van der Waals surface area contributed by atoms with Crippen LogP contribution in [-0.4, -0.2) is 52.7 Å². The molecule has 3 atom stereocenters. The van der Waals surface area contributed by atoms with Crippen LogP contribution in [0.5, 0.6) is 0 Å². The van der Waals surface area contributed by atoms with Crippen molar-refractivity contribution >= 4 is 40.6 Å². The number of aliphatic imine (C=N–C) groups is 1. The molecule has 1 fully saturated rings. The van der Waals surface area contributed by atoms with Crippen molar-refractivity contribution in [2.75, 3.05) is 20.3 Å². The monoisotopic (exact) mass is 503 g/mol. The van der Waals surface area contributed by atoms with E-state index in [-0.39, 0.29) is 16.9 Å². The number of amides is 1. The van der Waals surface area contributed by atoms with Gasteiger partial charge in [-0.2, -0.15) is 18.3 Å². The Labute approximate surface area is 198 Å². The molecule has 0 radical (unpaired) electrons. The molecular weight excluding hydrogens is 482 g/mol. The maximum Gasteiger partial charge on any atom is 0.435 e. The summed E-state index contributed by atoms with van der Waals surface area (Å²) < 4.78 is 46.6. The van der Waals surface area contributed by atoms with Gasteiger partial charge in [0.05, 0.1) is 28.7 Å². The van der Waals surface area contributed by atoms with E-state index >= 15 is 0 Å². The Morgan fingerprint density at radius 1 is 1.27 bits per heavy atom. The van der Waals surface area contributed by atoms with Gasteiger partial charge in [-0.3, -0.25) is 10.2 Å². The Balaban J connectivity index is 1.75. The van der Waals surface area contributed by atoms with Crippen LogP contribution in [0.1, 0.15) is 37.1 Å². The van der Waals surface area contributed by atoms with Crippen molar-refractivity contribution in [3.63, 3.8) is 0 Å². The first-order valence-electron chi connectivity index (χ1n) is 10.3. The molecule has 1 saturated heterocycles. The number of aromatic nitrogens is 2. The Bertz CT molecular complexity index is 1090. The lowest BCUT2D eigenvalue weighted by molar-refractivity contribution is -0.141. The molecule has 33 heavy (non-hydrogen) atoms. The molecule has 3 heterocycles. The van der Waals surface area contributed by atoms with Crippen molar-refractivity contribution in [3.05, 3.63) is 45.6 Å². The van der Waals surface area contributed by atoms with Gasteiger partial charge >= 0.3 is 6.18 Å². The van der Waals surface area contributed by atoms with E-state index in [0.29, 0.717) is 29.4 Å². The van der Waals surface area contributed by atoms with Gasteiger partial charge in [-0.05, 0) is 37.5 Å². The van der Waals surface area contributed by atoms with Gasteiger partial charge < -0.3 is 4.74 Å². The predicted molar refractivity (Wildman–Crippen MR) is 118 cm³/mol. The SMILES string of the molecule is COC[C@H]1CCCN1NC(=O)C1C(C)=Nc2cc(C(F)(F)F)nn2C1c1ccc(Cl)c(Cl)c1. The van der Waals surface area contributed by atoms with Crippen LogP contribution in [-0.2, 0) is 15.7 Å². The fourth-order valence-electron chi connectivity index (χ4n) is 4.35. The fourth-order valence-corrected chi connectivity index (χ4v) is 4.66. The highest BCUT2D eigenvalue weighted by molar-refractivity contribution is 6.42. The number of halogens is 5. The van der Waals surface area contributed by atoms with Crippen LogP contribution in [0.25, 0.3) is 0 Å². The number of methoxy groups -OCH3 is 1. The lowest BCUT2D eigenvalue weighted by atomic mass is 9.87. The molecule has 2 unspecified atom stereocenters. The minimum absolute atomic E-state index is 0.0124. The molecule has 1 amide bonds. The maximum atomic E-state index is 13.5. The predicted octanol–water partition coefficient (Wildman–Crippen LogP) is 4.66. The summed E-state index contributed by atoms with van der Waals surface area (Å²) in [5.41, 5.74) is 2.70. The van der Waals surface area contributed by atoms with Crippen LogP contribution in [0.2, 0.25) is 10.0 Å². The molecule has 178 valence electrons.